The molecule has 5 rings (SSSR count). The number of fused-ring (bicyclic) bond motifs is 1. The SMILES string of the molecule is Cc1ccc(N2N=C(C(=O)O)/C(=C/c3ccc4c(c3)CCCN4c3ccc(C)cc3)C2=O)cc1. The predicted octanol–water partition coefficient (Wildman–Crippen LogP) is 5.26. The number of aliphatic carboxylic acids is 1. The number of rotatable bonds is 4. The van der Waals surface area contributed by atoms with Gasteiger partial charge in [-0.2, -0.15) is 10.1 Å². The maximum absolute atomic E-state index is 13.1. The van der Waals surface area contributed by atoms with E-state index in [-0.39, 0.29) is 11.3 Å². The van der Waals surface area contributed by atoms with Gasteiger partial charge in [0.1, 0.15) is 0 Å². The second-order valence-electron chi connectivity index (χ2n) is 8.74. The average molecular weight is 452 g/mol. The summed E-state index contributed by atoms with van der Waals surface area (Å²) in [6.07, 6.45) is 3.58. The minimum Gasteiger partial charge on any atom is -0.476 e. The summed E-state index contributed by atoms with van der Waals surface area (Å²) in [4.78, 5) is 27.3. The largest absolute Gasteiger partial charge is 0.476 e. The van der Waals surface area contributed by atoms with E-state index in [1.54, 1.807) is 18.2 Å². The quantitative estimate of drug-likeness (QED) is 0.549. The van der Waals surface area contributed by atoms with Crippen LogP contribution < -0.4 is 9.91 Å². The lowest BCUT2D eigenvalue weighted by Crippen LogP contribution is -2.24. The Bertz CT molecular complexity index is 1340. The Morgan fingerprint density at radius 1 is 0.941 bits per heavy atom. The molecule has 0 radical (unpaired) electrons. The van der Waals surface area contributed by atoms with Crippen LogP contribution in [0.5, 0.6) is 0 Å². The van der Waals surface area contributed by atoms with Crippen LogP contribution in [0.25, 0.3) is 6.08 Å². The highest BCUT2D eigenvalue weighted by Gasteiger charge is 2.35. The lowest BCUT2D eigenvalue weighted by molar-refractivity contribution is -0.129. The number of carboxylic acids is 1. The van der Waals surface area contributed by atoms with Crippen LogP contribution in [0.2, 0.25) is 0 Å². The molecule has 0 atom stereocenters. The van der Waals surface area contributed by atoms with E-state index in [1.165, 1.54) is 11.1 Å². The number of aryl methyl sites for hydroxylation is 3. The summed E-state index contributed by atoms with van der Waals surface area (Å²) in [6, 6.07) is 21.8. The molecule has 2 heterocycles. The Balaban J connectivity index is 1.49. The predicted molar refractivity (Wildman–Crippen MR) is 135 cm³/mol. The normalized spacial score (nSPS) is 16.6. The highest BCUT2D eigenvalue weighted by Crippen LogP contribution is 2.35. The van der Waals surface area contributed by atoms with Crippen molar-refractivity contribution in [3.8, 4) is 0 Å². The van der Waals surface area contributed by atoms with Gasteiger partial charge in [-0.25, -0.2) is 4.79 Å². The van der Waals surface area contributed by atoms with Gasteiger partial charge in [-0.05, 0) is 80.3 Å². The van der Waals surface area contributed by atoms with Crippen LogP contribution in [-0.4, -0.2) is 29.2 Å². The van der Waals surface area contributed by atoms with Crippen molar-refractivity contribution in [1.29, 1.82) is 0 Å². The van der Waals surface area contributed by atoms with Crippen molar-refractivity contribution in [3.63, 3.8) is 0 Å². The van der Waals surface area contributed by atoms with Gasteiger partial charge in [0.15, 0.2) is 5.71 Å². The number of carboxylic acid groups (broad SMARTS) is 1. The van der Waals surface area contributed by atoms with Crippen molar-refractivity contribution < 1.29 is 14.7 Å². The average Bonchev–Trinajstić information content (AvgIpc) is 3.16. The van der Waals surface area contributed by atoms with Crippen LogP contribution in [0.3, 0.4) is 0 Å². The molecular formula is C28H25N3O3. The first kappa shape index (κ1) is 21.6. The first-order valence-corrected chi connectivity index (χ1v) is 11.3. The Labute approximate surface area is 198 Å². The second kappa shape index (κ2) is 8.63. The van der Waals surface area contributed by atoms with E-state index in [9.17, 15) is 14.7 Å². The van der Waals surface area contributed by atoms with Crippen molar-refractivity contribution in [3.05, 3.63) is 94.6 Å². The summed E-state index contributed by atoms with van der Waals surface area (Å²) in [5, 5.41) is 15.0. The molecule has 0 fully saturated rings. The van der Waals surface area contributed by atoms with Crippen molar-refractivity contribution in [2.24, 2.45) is 5.10 Å². The molecule has 6 nitrogen and oxygen atoms in total. The van der Waals surface area contributed by atoms with Gasteiger partial charge in [-0.1, -0.05) is 41.5 Å². The maximum atomic E-state index is 13.1. The Kier molecular flexibility index (Phi) is 5.49. The monoisotopic (exact) mass is 451 g/mol. The van der Waals surface area contributed by atoms with E-state index in [1.807, 2.05) is 31.2 Å². The van der Waals surface area contributed by atoms with Gasteiger partial charge in [-0.3, -0.25) is 4.79 Å². The van der Waals surface area contributed by atoms with Gasteiger partial charge in [-0.15, -0.1) is 0 Å². The number of nitrogens with zero attached hydrogens (tertiary/aromatic N) is 3. The molecule has 0 saturated heterocycles. The molecule has 0 bridgehead atoms. The molecule has 0 unspecified atom stereocenters. The summed E-state index contributed by atoms with van der Waals surface area (Å²) < 4.78 is 0. The first-order chi connectivity index (χ1) is 16.4. The summed E-state index contributed by atoms with van der Waals surface area (Å²) in [6.45, 7) is 4.96. The number of hydrazone groups is 1. The van der Waals surface area contributed by atoms with E-state index >= 15 is 0 Å². The van der Waals surface area contributed by atoms with Gasteiger partial charge in [0.05, 0.1) is 11.3 Å². The number of anilines is 3. The number of carbonyl (C=O) groups is 2. The van der Waals surface area contributed by atoms with Gasteiger partial charge in [0.2, 0.25) is 0 Å². The van der Waals surface area contributed by atoms with Crippen molar-refractivity contribution >= 4 is 40.7 Å². The molecule has 3 aromatic rings. The van der Waals surface area contributed by atoms with Crippen LogP contribution in [0.1, 0.15) is 28.7 Å². The molecule has 2 aliphatic heterocycles. The van der Waals surface area contributed by atoms with E-state index in [0.717, 1.165) is 46.9 Å². The third-order valence-corrected chi connectivity index (χ3v) is 6.24. The first-order valence-electron chi connectivity index (χ1n) is 11.3. The molecule has 170 valence electrons. The summed E-state index contributed by atoms with van der Waals surface area (Å²) in [5.41, 5.74) is 6.90. The summed E-state index contributed by atoms with van der Waals surface area (Å²) in [5.74, 6) is -1.67. The fraction of sp³-hybridized carbons (Fsp3) is 0.179. The topological polar surface area (TPSA) is 73.2 Å². The van der Waals surface area contributed by atoms with Gasteiger partial charge in [0.25, 0.3) is 5.91 Å². The number of benzene rings is 3. The van der Waals surface area contributed by atoms with Crippen LogP contribution in [-0.2, 0) is 16.0 Å². The molecule has 0 spiro atoms. The molecule has 0 saturated carbocycles. The number of hydrogen-bond acceptors (Lipinski definition) is 4. The maximum Gasteiger partial charge on any atom is 0.357 e. The molecule has 34 heavy (non-hydrogen) atoms. The number of carbonyl (C=O) groups excluding carboxylic acids is 1. The Morgan fingerprint density at radius 2 is 1.59 bits per heavy atom. The molecular weight excluding hydrogens is 426 g/mol. The molecule has 3 aromatic carbocycles. The van der Waals surface area contributed by atoms with Crippen LogP contribution >= 0.6 is 0 Å². The zero-order valence-electron chi connectivity index (χ0n) is 19.2. The Morgan fingerprint density at radius 3 is 2.24 bits per heavy atom. The minimum atomic E-state index is -1.22. The molecule has 2 aliphatic rings. The lowest BCUT2D eigenvalue weighted by atomic mass is 9.97. The standard InChI is InChI=1S/C28H25N3O3/c1-18-5-10-22(11-6-18)30-15-3-4-21-16-20(9-14-25(21)30)17-24-26(28(33)34)29-31(27(24)32)23-12-7-19(2)8-13-23/h5-14,16-17H,3-4,15H2,1-2H3,(H,33,34)/b24-17-. The number of hydrogen-bond donors (Lipinski definition) is 1. The van der Waals surface area contributed by atoms with Crippen LogP contribution in [0.15, 0.2) is 77.4 Å². The molecule has 6 heteroatoms. The third-order valence-electron chi connectivity index (χ3n) is 6.24. The second-order valence-corrected chi connectivity index (χ2v) is 8.74. The Hall–Kier alpha value is -4.19. The summed E-state index contributed by atoms with van der Waals surface area (Å²) in [7, 11) is 0. The van der Waals surface area contributed by atoms with Gasteiger partial charge in [0, 0.05) is 17.9 Å². The molecule has 1 amide bonds. The van der Waals surface area contributed by atoms with E-state index < -0.39 is 11.9 Å². The fourth-order valence-electron chi connectivity index (χ4n) is 4.43. The molecule has 1 N–H and O–H groups in total. The van der Waals surface area contributed by atoms with Crippen LogP contribution in [0, 0.1) is 13.8 Å². The zero-order chi connectivity index (χ0) is 23.8. The van der Waals surface area contributed by atoms with Gasteiger partial charge < -0.3 is 10.0 Å². The van der Waals surface area contributed by atoms with Crippen molar-refractivity contribution in [2.75, 3.05) is 16.5 Å². The minimum absolute atomic E-state index is 0.0826. The van der Waals surface area contributed by atoms with Gasteiger partial charge >= 0.3 is 5.97 Å². The summed E-state index contributed by atoms with van der Waals surface area (Å²) >= 11 is 0. The van der Waals surface area contributed by atoms with E-state index in [0.29, 0.717) is 5.69 Å². The van der Waals surface area contributed by atoms with Crippen molar-refractivity contribution in [2.45, 2.75) is 26.7 Å². The van der Waals surface area contributed by atoms with Crippen molar-refractivity contribution in [1.82, 2.24) is 0 Å². The lowest BCUT2D eigenvalue weighted by Gasteiger charge is -2.31. The zero-order valence-corrected chi connectivity index (χ0v) is 19.2. The van der Waals surface area contributed by atoms with Crippen LogP contribution in [0.4, 0.5) is 17.1 Å². The van der Waals surface area contributed by atoms with E-state index in [2.05, 4.69) is 47.3 Å². The molecule has 0 aromatic heterocycles. The fourth-order valence-corrected chi connectivity index (χ4v) is 4.43. The highest BCUT2D eigenvalue weighted by molar-refractivity contribution is 6.53. The smallest absolute Gasteiger partial charge is 0.357 e. The van der Waals surface area contributed by atoms with E-state index in [4.69, 9.17) is 0 Å². The highest BCUT2D eigenvalue weighted by atomic mass is 16.4. The number of amides is 1. The molecule has 0 aliphatic carbocycles. The third kappa shape index (κ3) is 3.99.